The summed E-state index contributed by atoms with van der Waals surface area (Å²) in [4.78, 5) is 6.89. The summed E-state index contributed by atoms with van der Waals surface area (Å²) in [5.74, 6) is 0.771. The van der Waals surface area contributed by atoms with Gasteiger partial charge in [-0.2, -0.15) is 0 Å². The topological polar surface area (TPSA) is 61.8 Å². The van der Waals surface area contributed by atoms with E-state index in [2.05, 4.69) is 27.3 Å². The molecule has 1 unspecified atom stereocenters. The van der Waals surface area contributed by atoms with E-state index in [0.717, 1.165) is 24.6 Å². The number of guanidine groups is 1. The van der Waals surface area contributed by atoms with E-state index < -0.39 is 9.84 Å². The smallest absolute Gasteiger partial charge is 0.198 e. The number of aliphatic imine (C=N–C) groups is 1. The standard InChI is InChI=1S/C20H25N3O2S/c1-3-17(15-26(24,25)18-10-5-4-6-11-18)22-20(21-2)23-14-13-16-9-7-8-12-19(16)23/h4-12,17H,3,13-15H2,1-2H3,(H,21,22). The maximum atomic E-state index is 12.7. The lowest BCUT2D eigenvalue weighted by atomic mass is 10.2. The molecule has 0 spiro atoms. The number of fused-ring (bicyclic) bond motifs is 1. The van der Waals surface area contributed by atoms with Crippen molar-refractivity contribution >= 4 is 21.5 Å². The van der Waals surface area contributed by atoms with Crippen LogP contribution in [0, 0.1) is 0 Å². The van der Waals surface area contributed by atoms with E-state index in [1.54, 1.807) is 31.3 Å². The zero-order chi connectivity index (χ0) is 18.6. The van der Waals surface area contributed by atoms with Crippen molar-refractivity contribution in [2.45, 2.75) is 30.7 Å². The molecule has 1 N–H and O–H groups in total. The minimum Gasteiger partial charge on any atom is -0.352 e. The summed E-state index contributed by atoms with van der Waals surface area (Å²) in [6, 6.07) is 16.7. The van der Waals surface area contributed by atoms with E-state index in [-0.39, 0.29) is 11.8 Å². The highest BCUT2D eigenvalue weighted by atomic mass is 32.2. The molecule has 0 aliphatic carbocycles. The van der Waals surface area contributed by atoms with Gasteiger partial charge in [0.05, 0.1) is 10.6 Å². The van der Waals surface area contributed by atoms with Gasteiger partial charge in [0.25, 0.3) is 0 Å². The number of hydrogen-bond donors (Lipinski definition) is 1. The maximum Gasteiger partial charge on any atom is 0.198 e. The summed E-state index contributed by atoms with van der Waals surface area (Å²) in [6.45, 7) is 2.84. The average Bonchev–Trinajstić information content (AvgIpc) is 3.10. The summed E-state index contributed by atoms with van der Waals surface area (Å²) >= 11 is 0. The summed E-state index contributed by atoms with van der Waals surface area (Å²) in [6.07, 6.45) is 1.66. The molecular formula is C20H25N3O2S. The van der Waals surface area contributed by atoms with E-state index in [4.69, 9.17) is 0 Å². The van der Waals surface area contributed by atoms with Crippen LogP contribution >= 0.6 is 0 Å². The van der Waals surface area contributed by atoms with Gasteiger partial charge in [-0.3, -0.25) is 4.99 Å². The van der Waals surface area contributed by atoms with Crippen LogP contribution in [-0.4, -0.2) is 39.8 Å². The predicted octanol–water partition coefficient (Wildman–Crippen LogP) is 2.88. The Morgan fingerprint density at radius 3 is 2.54 bits per heavy atom. The number of anilines is 1. The molecule has 0 amide bonds. The summed E-state index contributed by atoms with van der Waals surface area (Å²) in [5, 5.41) is 3.36. The summed E-state index contributed by atoms with van der Waals surface area (Å²) in [7, 11) is -1.61. The van der Waals surface area contributed by atoms with Gasteiger partial charge in [-0.05, 0) is 36.6 Å². The van der Waals surface area contributed by atoms with Crippen LogP contribution in [0.2, 0.25) is 0 Å². The Balaban J connectivity index is 1.75. The summed E-state index contributed by atoms with van der Waals surface area (Å²) < 4.78 is 25.4. The lowest BCUT2D eigenvalue weighted by Gasteiger charge is -2.26. The number of rotatable bonds is 5. The average molecular weight is 372 g/mol. The van der Waals surface area contributed by atoms with E-state index in [0.29, 0.717) is 11.3 Å². The van der Waals surface area contributed by atoms with Gasteiger partial charge in [0, 0.05) is 25.3 Å². The van der Waals surface area contributed by atoms with Crippen molar-refractivity contribution in [3.05, 3.63) is 60.2 Å². The van der Waals surface area contributed by atoms with Crippen LogP contribution in [0.5, 0.6) is 0 Å². The van der Waals surface area contributed by atoms with Crippen molar-refractivity contribution < 1.29 is 8.42 Å². The van der Waals surface area contributed by atoms with E-state index in [9.17, 15) is 8.42 Å². The minimum atomic E-state index is -3.35. The lowest BCUT2D eigenvalue weighted by molar-refractivity contribution is 0.571. The van der Waals surface area contributed by atoms with Gasteiger partial charge in [-0.1, -0.05) is 43.3 Å². The van der Waals surface area contributed by atoms with Crippen LogP contribution in [0.15, 0.2) is 64.5 Å². The second-order valence-electron chi connectivity index (χ2n) is 6.42. The van der Waals surface area contributed by atoms with Crippen LogP contribution in [-0.2, 0) is 16.3 Å². The Morgan fingerprint density at radius 2 is 1.85 bits per heavy atom. The molecule has 1 heterocycles. The monoisotopic (exact) mass is 371 g/mol. The van der Waals surface area contributed by atoms with Gasteiger partial charge in [0.2, 0.25) is 0 Å². The van der Waals surface area contributed by atoms with Gasteiger partial charge >= 0.3 is 0 Å². The molecule has 2 aromatic carbocycles. The second kappa shape index (κ2) is 7.91. The Kier molecular flexibility index (Phi) is 5.61. The van der Waals surface area contributed by atoms with Crippen molar-refractivity contribution in [2.24, 2.45) is 4.99 Å². The quantitative estimate of drug-likeness (QED) is 0.648. The number of benzene rings is 2. The molecule has 0 bridgehead atoms. The first kappa shape index (κ1) is 18.5. The molecule has 0 saturated carbocycles. The van der Waals surface area contributed by atoms with Gasteiger partial charge < -0.3 is 10.2 Å². The Labute approximate surface area is 155 Å². The molecule has 3 rings (SSSR count). The first-order chi connectivity index (χ1) is 12.5. The van der Waals surface area contributed by atoms with Crippen LogP contribution in [0.4, 0.5) is 5.69 Å². The Morgan fingerprint density at radius 1 is 1.15 bits per heavy atom. The number of para-hydroxylation sites is 1. The molecule has 0 fully saturated rings. The van der Waals surface area contributed by atoms with Crippen molar-refractivity contribution in [3.8, 4) is 0 Å². The molecule has 2 aromatic rings. The summed E-state index contributed by atoms with van der Waals surface area (Å²) in [5.41, 5.74) is 2.43. The third-order valence-electron chi connectivity index (χ3n) is 4.70. The fourth-order valence-corrected chi connectivity index (χ4v) is 4.87. The Bertz CT molecular complexity index is 879. The molecule has 6 heteroatoms. The fraction of sp³-hybridized carbons (Fsp3) is 0.350. The SMILES string of the molecule is CCC(CS(=O)(=O)c1ccccc1)NC(=NC)N1CCc2ccccc21. The van der Waals surface area contributed by atoms with E-state index >= 15 is 0 Å². The largest absolute Gasteiger partial charge is 0.352 e. The molecule has 138 valence electrons. The molecular weight excluding hydrogens is 346 g/mol. The molecule has 0 saturated heterocycles. The van der Waals surface area contributed by atoms with Crippen LogP contribution in [0.1, 0.15) is 18.9 Å². The number of hydrogen-bond acceptors (Lipinski definition) is 3. The zero-order valence-corrected chi connectivity index (χ0v) is 16.0. The molecule has 0 aromatic heterocycles. The highest BCUT2D eigenvalue weighted by Gasteiger charge is 2.26. The highest BCUT2D eigenvalue weighted by Crippen LogP contribution is 2.27. The van der Waals surface area contributed by atoms with Gasteiger partial charge in [-0.15, -0.1) is 0 Å². The maximum absolute atomic E-state index is 12.7. The lowest BCUT2D eigenvalue weighted by Crippen LogP contribution is -2.47. The molecule has 1 aliphatic heterocycles. The van der Waals surface area contributed by atoms with E-state index in [1.165, 1.54) is 5.56 Å². The minimum absolute atomic E-state index is 0.0437. The number of sulfone groups is 1. The van der Waals surface area contributed by atoms with Crippen LogP contribution < -0.4 is 10.2 Å². The third-order valence-corrected chi connectivity index (χ3v) is 6.54. The van der Waals surface area contributed by atoms with Gasteiger partial charge in [0.1, 0.15) is 0 Å². The zero-order valence-electron chi connectivity index (χ0n) is 15.2. The van der Waals surface area contributed by atoms with Crippen LogP contribution in [0.25, 0.3) is 0 Å². The molecule has 26 heavy (non-hydrogen) atoms. The molecule has 1 atom stereocenters. The van der Waals surface area contributed by atoms with Gasteiger partial charge in [0.15, 0.2) is 15.8 Å². The van der Waals surface area contributed by atoms with Crippen LogP contribution in [0.3, 0.4) is 0 Å². The van der Waals surface area contributed by atoms with E-state index in [1.807, 2.05) is 25.1 Å². The molecule has 0 radical (unpaired) electrons. The molecule has 1 aliphatic rings. The predicted molar refractivity (Wildman–Crippen MR) is 107 cm³/mol. The second-order valence-corrected chi connectivity index (χ2v) is 8.46. The Hall–Kier alpha value is -2.34. The number of nitrogens with zero attached hydrogens (tertiary/aromatic N) is 2. The van der Waals surface area contributed by atoms with Crippen molar-refractivity contribution in [2.75, 3.05) is 24.2 Å². The molecule has 5 nitrogen and oxygen atoms in total. The van der Waals surface area contributed by atoms with Crippen molar-refractivity contribution in [1.29, 1.82) is 0 Å². The first-order valence-electron chi connectivity index (χ1n) is 8.91. The fourth-order valence-electron chi connectivity index (χ4n) is 3.25. The first-order valence-corrected chi connectivity index (χ1v) is 10.6. The number of nitrogens with one attached hydrogen (secondary N) is 1. The van der Waals surface area contributed by atoms with Crippen molar-refractivity contribution in [1.82, 2.24) is 5.32 Å². The third kappa shape index (κ3) is 3.90. The highest BCUT2D eigenvalue weighted by molar-refractivity contribution is 7.91. The van der Waals surface area contributed by atoms with Crippen molar-refractivity contribution in [3.63, 3.8) is 0 Å². The van der Waals surface area contributed by atoms with Gasteiger partial charge in [-0.25, -0.2) is 8.42 Å². The normalized spacial score (nSPS) is 15.6.